The molecule has 112 valence electrons. The third kappa shape index (κ3) is 6.26. The van der Waals surface area contributed by atoms with Crippen LogP contribution < -0.4 is 4.74 Å². The van der Waals surface area contributed by atoms with E-state index in [1.165, 1.54) is 25.2 Å². The first-order valence-corrected chi connectivity index (χ1v) is 5.61. The predicted octanol–water partition coefficient (Wildman–Crippen LogP) is 2.84. The molecule has 1 aromatic rings. The lowest BCUT2D eigenvalue weighted by Crippen LogP contribution is -2.33. The zero-order chi connectivity index (χ0) is 15.2. The molecule has 0 saturated carbocycles. The Kier molecular flexibility index (Phi) is 5.60. The highest BCUT2D eigenvalue weighted by molar-refractivity contribution is 5.67. The highest BCUT2D eigenvalue weighted by atomic mass is 19.4. The van der Waals surface area contributed by atoms with E-state index in [4.69, 9.17) is 4.74 Å². The summed E-state index contributed by atoms with van der Waals surface area (Å²) in [7, 11) is 1.27. The summed E-state index contributed by atoms with van der Waals surface area (Å²) in [5, 5.41) is 0. The number of benzene rings is 1. The van der Waals surface area contributed by atoms with Gasteiger partial charge in [-0.1, -0.05) is 6.07 Å². The van der Waals surface area contributed by atoms with Crippen LogP contribution in [0.2, 0.25) is 0 Å². The second-order valence-electron chi connectivity index (χ2n) is 3.90. The van der Waals surface area contributed by atoms with Gasteiger partial charge in [-0.2, -0.15) is 13.2 Å². The molecule has 1 aromatic carbocycles. The topological polar surface area (TPSA) is 38.8 Å². The molecule has 0 saturated heterocycles. The van der Waals surface area contributed by atoms with Gasteiger partial charge in [0.15, 0.2) is 6.61 Å². The van der Waals surface area contributed by atoms with Crippen LogP contribution in [-0.2, 0) is 4.74 Å². The maximum Gasteiger partial charge on any atom is 0.422 e. The summed E-state index contributed by atoms with van der Waals surface area (Å²) >= 11 is 0. The number of halogens is 4. The number of likely N-dealkylation sites (N-methyl/N-ethyl adjacent to an activating group) is 1. The van der Waals surface area contributed by atoms with E-state index in [-0.39, 0.29) is 18.9 Å². The van der Waals surface area contributed by atoms with E-state index in [0.717, 1.165) is 11.0 Å². The highest BCUT2D eigenvalue weighted by Gasteiger charge is 2.30. The molecule has 0 radical (unpaired) electrons. The van der Waals surface area contributed by atoms with Gasteiger partial charge in [0.1, 0.15) is 18.2 Å². The van der Waals surface area contributed by atoms with E-state index >= 15 is 0 Å². The smallest absolute Gasteiger partial charge is 0.422 e. The molecule has 0 aromatic heterocycles. The van der Waals surface area contributed by atoms with Crippen molar-refractivity contribution in [3.63, 3.8) is 0 Å². The zero-order valence-corrected chi connectivity index (χ0v) is 10.6. The van der Waals surface area contributed by atoms with Crippen molar-refractivity contribution in [1.82, 2.24) is 4.90 Å². The van der Waals surface area contributed by atoms with E-state index in [1.54, 1.807) is 0 Å². The van der Waals surface area contributed by atoms with Crippen molar-refractivity contribution in [3.8, 4) is 5.75 Å². The minimum absolute atomic E-state index is 0.00106. The largest absolute Gasteiger partial charge is 0.492 e. The number of nitrogens with zero attached hydrogens (tertiary/aromatic N) is 1. The molecule has 1 rings (SSSR count). The van der Waals surface area contributed by atoms with Gasteiger partial charge in [-0.25, -0.2) is 9.18 Å². The Morgan fingerprint density at radius 3 is 2.65 bits per heavy atom. The van der Waals surface area contributed by atoms with Gasteiger partial charge in [-0.15, -0.1) is 0 Å². The van der Waals surface area contributed by atoms with Crippen molar-refractivity contribution in [3.05, 3.63) is 30.1 Å². The summed E-state index contributed by atoms with van der Waals surface area (Å²) in [6, 6.07) is 5.37. The third-order valence-electron chi connectivity index (χ3n) is 2.16. The number of alkyl halides is 3. The fourth-order valence-corrected chi connectivity index (χ4v) is 1.20. The minimum atomic E-state index is -4.56. The lowest BCUT2D eigenvalue weighted by Gasteiger charge is -2.17. The third-order valence-corrected chi connectivity index (χ3v) is 2.16. The SMILES string of the molecule is CN(CCOc1cccc(F)c1)C(=O)OCC(F)(F)F. The summed E-state index contributed by atoms with van der Waals surface area (Å²) in [5.74, 6) is -0.206. The second kappa shape index (κ2) is 6.97. The first-order valence-electron chi connectivity index (χ1n) is 5.61. The number of hydrogen-bond donors (Lipinski definition) is 0. The lowest BCUT2D eigenvalue weighted by molar-refractivity contribution is -0.162. The Morgan fingerprint density at radius 2 is 2.05 bits per heavy atom. The summed E-state index contributed by atoms with van der Waals surface area (Å²) in [6.07, 6.45) is -5.67. The average molecular weight is 295 g/mol. The van der Waals surface area contributed by atoms with Crippen LogP contribution in [0.3, 0.4) is 0 Å². The first kappa shape index (κ1) is 16.1. The molecule has 0 spiro atoms. The summed E-state index contributed by atoms with van der Waals surface area (Å²) in [5.41, 5.74) is 0. The zero-order valence-electron chi connectivity index (χ0n) is 10.6. The van der Waals surface area contributed by atoms with Gasteiger partial charge in [0.05, 0.1) is 6.54 Å². The van der Waals surface area contributed by atoms with Crippen molar-refractivity contribution >= 4 is 6.09 Å². The summed E-state index contributed by atoms with van der Waals surface area (Å²) < 4.78 is 57.5. The van der Waals surface area contributed by atoms with Gasteiger partial charge >= 0.3 is 12.3 Å². The van der Waals surface area contributed by atoms with Gasteiger partial charge in [0.25, 0.3) is 0 Å². The van der Waals surface area contributed by atoms with Crippen LogP contribution in [-0.4, -0.2) is 44.0 Å². The average Bonchev–Trinajstić information content (AvgIpc) is 2.35. The molecule has 0 aliphatic rings. The quantitative estimate of drug-likeness (QED) is 0.784. The van der Waals surface area contributed by atoms with Crippen molar-refractivity contribution in [2.75, 3.05) is 26.8 Å². The molecule has 0 N–H and O–H groups in total. The highest BCUT2D eigenvalue weighted by Crippen LogP contribution is 2.15. The number of carbonyl (C=O) groups is 1. The second-order valence-corrected chi connectivity index (χ2v) is 3.90. The van der Waals surface area contributed by atoms with Crippen LogP contribution in [0.1, 0.15) is 0 Å². The van der Waals surface area contributed by atoms with Gasteiger partial charge in [0.2, 0.25) is 0 Å². The van der Waals surface area contributed by atoms with Crippen LogP contribution >= 0.6 is 0 Å². The standard InChI is InChI=1S/C12H13F4NO3/c1-17(11(18)20-8-12(14,15)16)5-6-19-10-4-2-3-9(13)7-10/h2-4,7H,5-6,8H2,1H3. The number of ether oxygens (including phenoxy) is 2. The molecule has 0 aliphatic carbocycles. The van der Waals surface area contributed by atoms with Crippen molar-refractivity contribution in [2.45, 2.75) is 6.18 Å². The molecule has 8 heteroatoms. The van der Waals surface area contributed by atoms with Crippen LogP contribution in [0.4, 0.5) is 22.4 Å². The molecular weight excluding hydrogens is 282 g/mol. The summed E-state index contributed by atoms with van der Waals surface area (Å²) in [4.78, 5) is 12.1. The van der Waals surface area contributed by atoms with E-state index in [2.05, 4.69) is 4.74 Å². The number of rotatable bonds is 5. The maximum atomic E-state index is 12.8. The van der Waals surface area contributed by atoms with E-state index in [9.17, 15) is 22.4 Å². The number of hydrogen-bond acceptors (Lipinski definition) is 3. The normalized spacial score (nSPS) is 11.1. The Bertz CT molecular complexity index is 451. The number of amides is 1. The monoisotopic (exact) mass is 295 g/mol. The minimum Gasteiger partial charge on any atom is -0.492 e. The van der Waals surface area contributed by atoms with Crippen molar-refractivity contribution in [2.24, 2.45) is 0 Å². The molecular formula is C12H13F4NO3. The van der Waals surface area contributed by atoms with Crippen LogP contribution in [0.5, 0.6) is 5.75 Å². The fraction of sp³-hybridized carbons (Fsp3) is 0.417. The fourth-order valence-electron chi connectivity index (χ4n) is 1.20. The number of carbonyl (C=O) groups excluding carboxylic acids is 1. The molecule has 4 nitrogen and oxygen atoms in total. The molecule has 1 amide bonds. The molecule has 0 aliphatic heterocycles. The Hall–Kier alpha value is -1.99. The molecule has 0 bridgehead atoms. The van der Waals surface area contributed by atoms with Gasteiger partial charge in [-0.3, -0.25) is 0 Å². The van der Waals surface area contributed by atoms with Crippen LogP contribution in [0.25, 0.3) is 0 Å². The van der Waals surface area contributed by atoms with Gasteiger partial charge < -0.3 is 14.4 Å². The van der Waals surface area contributed by atoms with E-state index < -0.39 is 24.7 Å². The van der Waals surface area contributed by atoms with Crippen molar-refractivity contribution in [1.29, 1.82) is 0 Å². The molecule has 0 unspecified atom stereocenters. The molecule has 0 heterocycles. The predicted molar refractivity (Wildman–Crippen MR) is 61.9 cm³/mol. The van der Waals surface area contributed by atoms with E-state index in [1.807, 2.05) is 0 Å². The first-order chi connectivity index (χ1) is 9.28. The maximum absolute atomic E-state index is 12.8. The molecule has 0 fully saturated rings. The molecule has 0 atom stereocenters. The molecule has 20 heavy (non-hydrogen) atoms. The Morgan fingerprint density at radius 1 is 1.35 bits per heavy atom. The lowest BCUT2D eigenvalue weighted by atomic mass is 10.3. The summed E-state index contributed by atoms with van der Waals surface area (Å²) in [6.45, 7) is -1.63. The van der Waals surface area contributed by atoms with Gasteiger partial charge in [0, 0.05) is 13.1 Å². The Labute approximate surface area is 112 Å². The van der Waals surface area contributed by atoms with Gasteiger partial charge in [-0.05, 0) is 12.1 Å². The van der Waals surface area contributed by atoms with Crippen LogP contribution in [0, 0.1) is 5.82 Å². The van der Waals surface area contributed by atoms with Crippen LogP contribution in [0.15, 0.2) is 24.3 Å². The van der Waals surface area contributed by atoms with Crippen molar-refractivity contribution < 1.29 is 31.8 Å². The Balaban J connectivity index is 2.29. The van der Waals surface area contributed by atoms with E-state index in [0.29, 0.717) is 0 Å².